The third-order valence-corrected chi connectivity index (χ3v) is 3.82. The Labute approximate surface area is 148 Å². The minimum atomic E-state index is -0.339. The Morgan fingerprint density at radius 2 is 2.08 bits per heavy atom. The molecule has 1 N–H and O–H groups in total. The van der Waals surface area contributed by atoms with Gasteiger partial charge in [-0.25, -0.2) is 5.01 Å². The second-order valence-corrected chi connectivity index (χ2v) is 7.64. The summed E-state index contributed by atoms with van der Waals surface area (Å²) in [6, 6.07) is 3.73. The SMILES string of the molecule is CC(C)CN1N=C(C(=O)Nc2cc(C#N)cn2C(C)(C)C)CCC1=O. The number of nitriles is 1. The van der Waals surface area contributed by atoms with Crippen molar-refractivity contribution in [3.05, 3.63) is 17.8 Å². The lowest BCUT2D eigenvalue weighted by Gasteiger charge is -2.26. The van der Waals surface area contributed by atoms with E-state index < -0.39 is 0 Å². The molecule has 0 fully saturated rings. The molecule has 1 aliphatic heterocycles. The van der Waals surface area contributed by atoms with Crippen LogP contribution in [0.5, 0.6) is 0 Å². The van der Waals surface area contributed by atoms with Crippen LogP contribution in [0.25, 0.3) is 0 Å². The topological polar surface area (TPSA) is 90.5 Å². The lowest BCUT2D eigenvalue weighted by molar-refractivity contribution is -0.132. The molecule has 0 saturated heterocycles. The monoisotopic (exact) mass is 343 g/mol. The maximum absolute atomic E-state index is 12.6. The number of nitrogens with zero attached hydrogens (tertiary/aromatic N) is 4. The van der Waals surface area contributed by atoms with E-state index in [2.05, 4.69) is 16.5 Å². The highest BCUT2D eigenvalue weighted by molar-refractivity contribution is 6.43. The molecule has 0 atom stereocenters. The van der Waals surface area contributed by atoms with Gasteiger partial charge in [0, 0.05) is 31.1 Å². The highest BCUT2D eigenvalue weighted by atomic mass is 16.2. The number of rotatable bonds is 4. The molecule has 0 spiro atoms. The Bertz CT molecular complexity index is 746. The van der Waals surface area contributed by atoms with Crippen LogP contribution in [-0.4, -0.2) is 33.6 Å². The third-order valence-electron chi connectivity index (χ3n) is 3.82. The van der Waals surface area contributed by atoms with Gasteiger partial charge < -0.3 is 9.88 Å². The van der Waals surface area contributed by atoms with Gasteiger partial charge in [0.25, 0.3) is 5.91 Å². The van der Waals surface area contributed by atoms with Crippen LogP contribution in [0.15, 0.2) is 17.4 Å². The van der Waals surface area contributed by atoms with Gasteiger partial charge in [0.2, 0.25) is 5.91 Å². The summed E-state index contributed by atoms with van der Waals surface area (Å²) >= 11 is 0. The van der Waals surface area contributed by atoms with Crippen molar-refractivity contribution in [3.63, 3.8) is 0 Å². The molecule has 0 bridgehead atoms. The maximum Gasteiger partial charge on any atom is 0.272 e. The van der Waals surface area contributed by atoms with Crippen LogP contribution in [0.4, 0.5) is 5.82 Å². The molecular formula is C18H25N5O2. The van der Waals surface area contributed by atoms with Gasteiger partial charge >= 0.3 is 0 Å². The molecule has 7 heteroatoms. The largest absolute Gasteiger partial charge is 0.328 e. The minimum Gasteiger partial charge on any atom is -0.328 e. The summed E-state index contributed by atoms with van der Waals surface area (Å²) < 4.78 is 1.85. The summed E-state index contributed by atoms with van der Waals surface area (Å²) in [5.41, 5.74) is 0.527. The van der Waals surface area contributed by atoms with E-state index in [4.69, 9.17) is 5.26 Å². The van der Waals surface area contributed by atoms with Crippen LogP contribution < -0.4 is 5.32 Å². The van der Waals surface area contributed by atoms with Gasteiger partial charge in [0.1, 0.15) is 17.6 Å². The molecule has 1 aromatic rings. The minimum absolute atomic E-state index is 0.0601. The molecule has 1 aliphatic rings. The van der Waals surface area contributed by atoms with Crippen molar-refractivity contribution >= 4 is 23.3 Å². The molecule has 25 heavy (non-hydrogen) atoms. The summed E-state index contributed by atoms with van der Waals surface area (Å²) in [6.45, 7) is 10.5. The first-order chi connectivity index (χ1) is 11.6. The fourth-order valence-corrected chi connectivity index (χ4v) is 2.62. The van der Waals surface area contributed by atoms with E-state index in [0.29, 0.717) is 30.1 Å². The Kier molecular flexibility index (Phi) is 5.31. The molecule has 0 unspecified atom stereocenters. The zero-order chi connectivity index (χ0) is 18.8. The average molecular weight is 343 g/mol. The van der Waals surface area contributed by atoms with Crippen LogP contribution >= 0.6 is 0 Å². The predicted molar refractivity (Wildman–Crippen MR) is 96.0 cm³/mol. The molecule has 1 aromatic heterocycles. The molecule has 7 nitrogen and oxygen atoms in total. The number of hydrogen-bond donors (Lipinski definition) is 1. The summed E-state index contributed by atoms with van der Waals surface area (Å²) in [6.07, 6.45) is 2.32. The number of amides is 2. The number of anilines is 1. The van der Waals surface area contributed by atoms with Gasteiger partial charge in [-0.05, 0) is 32.8 Å². The van der Waals surface area contributed by atoms with Crippen LogP contribution in [0.3, 0.4) is 0 Å². The van der Waals surface area contributed by atoms with Crippen molar-refractivity contribution in [2.24, 2.45) is 11.0 Å². The number of carbonyl (C=O) groups excluding carboxylic acids is 2. The number of nitrogens with one attached hydrogen (secondary N) is 1. The van der Waals surface area contributed by atoms with Crippen molar-refractivity contribution in [3.8, 4) is 6.07 Å². The molecule has 2 rings (SSSR count). The first-order valence-corrected chi connectivity index (χ1v) is 8.44. The molecule has 2 heterocycles. The van der Waals surface area contributed by atoms with E-state index in [0.717, 1.165) is 0 Å². The van der Waals surface area contributed by atoms with Crippen molar-refractivity contribution in [1.82, 2.24) is 9.58 Å². The van der Waals surface area contributed by atoms with E-state index in [1.165, 1.54) is 5.01 Å². The van der Waals surface area contributed by atoms with Gasteiger partial charge in [-0.3, -0.25) is 9.59 Å². The van der Waals surface area contributed by atoms with Gasteiger partial charge in [0.15, 0.2) is 0 Å². The summed E-state index contributed by atoms with van der Waals surface area (Å²) in [5.74, 6) is 0.417. The number of aromatic nitrogens is 1. The van der Waals surface area contributed by atoms with Crippen molar-refractivity contribution < 1.29 is 9.59 Å². The Morgan fingerprint density at radius 1 is 1.40 bits per heavy atom. The van der Waals surface area contributed by atoms with E-state index in [-0.39, 0.29) is 29.7 Å². The fourth-order valence-electron chi connectivity index (χ4n) is 2.62. The van der Waals surface area contributed by atoms with Crippen molar-refractivity contribution in [2.45, 2.75) is 53.0 Å². The molecule has 0 saturated carbocycles. The molecule has 0 aliphatic carbocycles. The van der Waals surface area contributed by atoms with Gasteiger partial charge in [0.05, 0.1) is 5.56 Å². The van der Waals surface area contributed by atoms with E-state index in [1.54, 1.807) is 12.3 Å². The van der Waals surface area contributed by atoms with Gasteiger partial charge in [-0.1, -0.05) is 13.8 Å². The lowest BCUT2D eigenvalue weighted by Crippen LogP contribution is -2.38. The molecule has 0 radical (unpaired) electrons. The normalized spacial score (nSPS) is 15.2. The quantitative estimate of drug-likeness (QED) is 0.911. The lowest BCUT2D eigenvalue weighted by atomic mass is 10.1. The van der Waals surface area contributed by atoms with Crippen LogP contribution in [0, 0.1) is 17.2 Å². The van der Waals surface area contributed by atoms with Crippen molar-refractivity contribution in [1.29, 1.82) is 5.26 Å². The fraction of sp³-hybridized carbons (Fsp3) is 0.556. The second kappa shape index (κ2) is 7.09. The molecule has 134 valence electrons. The molecule has 0 aromatic carbocycles. The molecule has 2 amide bonds. The maximum atomic E-state index is 12.6. The standard InChI is InChI=1S/C18H25N5O2/c1-12(2)10-23-16(24)7-6-14(21-23)17(25)20-15-8-13(9-19)11-22(15)18(3,4)5/h8,11-12H,6-7,10H2,1-5H3,(H,20,25). The zero-order valence-corrected chi connectivity index (χ0v) is 15.5. The van der Waals surface area contributed by atoms with Gasteiger partial charge in [-0.15, -0.1) is 0 Å². The summed E-state index contributed by atoms with van der Waals surface area (Å²) in [4.78, 5) is 24.5. The smallest absolute Gasteiger partial charge is 0.272 e. The zero-order valence-electron chi connectivity index (χ0n) is 15.5. The Morgan fingerprint density at radius 3 is 2.64 bits per heavy atom. The first kappa shape index (κ1) is 18.7. The Hall–Kier alpha value is -2.62. The third kappa shape index (κ3) is 4.47. The number of carbonyl (C=O) groups is 2. The average Bonchev–Trinajstić information content (AvgIpc) is 2.92. The van der Waals surface area contributed by atoms with Gasteiger partial charge in [-0.2, -0.15) is 10.4 Å². The highest BCUT2D eigenvalue weighted by Gasteiger charge is 2.26. The summed E-state index contributed by atoms with van der Waals surface area (Å²) in [5, 5.41) is 17.6. The second-order valence-electron chi connectivity index (χ2n) is 7.64. The van der Waals surface area contributed by atoms with Crippen LogP contribution in [0.2, 0.25) is 0 Å². The number of hydrogen-bond acceptors (Lipinski definition) is 4. The first-order valence-electron chi connectivity index (χ1n) is 8.44. The van der Waals surface area contributed by atoms with Crippen molar-refractivity contribution in [2.75, 3.05) is 11.9 Å². The summed E-state index contributed by atoms with van der Waals surface area (Å²) in [7, 11) is 0. The van der Waals surface area contributed by atoms with E-state index in [9.17, 15) is 9.59 Å². The number of hydrazone groups is 1. The van der Waals surface area contributed by atoms with E-state index >= 15 is 0 Å². The van der Waals surface area contributed by atoms with E-state index in [1.807, 2.05) is 39.2 Å². The predicted octanol–water partition coefficient (Wildman–Crippen LogP) is 2.69. The van der Waals surface area contributed by atoms with Crippen LogP contribution in [-0.2, 0) is 15.1 Å². The molecular weight excluding hydrogens is 318 g/mol. The van der Waals surface area contributed by atoms with Crippen LogP contribution in [0.1, 0.15) is 53.0 Å². The highest BCUT2D eigenvalue weighted by Crippen LogP contribution is 2.24. The Balaban J connectivity index is 2.24.